The van der Waals surface area contributed by atoms with Crippen molar-refractivity contribution in [3.05, 3.63) is 30.1 Å². The van der Waals surface area contributed by atoms with Crippen molar-refractivity contribution in [3.8, 4) is 0 Å². The summed E-state index contributed by atoms with van der Waals surface area (Å²) in [7, 11) is 0. The Morgan fingerprint density at radius 3 is 2.96 bits per heavy atom. The van der Waals surface area contributed by atoms with Crippen molar-refractivity contribution < 1.29 is 9.21 Å². The molecule has 0 spiro atoms. The van der Waals surface area contributed by atoms with Gasteiger partial charge < -0.3 is 9.32 Å². The highest BCUT2D eigenvalue weighted by Crippen LogP contribution is 2.25. The van der Waals surface area contributed by atoms with E-state index < -0.39 is 0 Å². The van der Waals surface area contributed by atoms with E-state index in [9.17, 15) is 4.79 Å². The molecule has 24 heavy (non-hydrogen) atoms. The Morgan fingerprint density at radius 2 is 2.17 bits per heavy atom. The molecule has 0 saturated carbocycles. The largest absolute Gasteiger partial charge is 0.464 e. The molecule has 1 amide bonds. The maximum absolute atomic E-state index is 12.0. The van der Waals surface area contributed by atoms with Gasteiger partial charge in [-0.05, 0) is 12.1 Å². The van der Waals surface area contributed by atoms with Crippen LogP contribution in [-0.2, 0) is 4.79 Å². The molecule has 3 aromatic heterocycles. The number of furan rings is 1. The van der Waals surface area contributed by atoms with Crippen molar-refractivity contribution >= 4 is 39.2 Å². The van der Waals surface area contributed by atoms with Crippen molar-refractivity contribution in [2.45, 2.75) is 0 Å². The first-order valence-electron chi connectivity index (χ1n) is 7.65. The number of nitrogens with one attached hydrogen (secondary N) is 1. The Bertz CT molecular complexity index is 825. The molecule has 1 saturated heterocycles. The number of piperazine rings is 1. The lowest BCUT2D eigenvalue weighted by Gasteiger charge is -2.35. The molecule has 4 rings (SSSR count). The number of carbonyl (C=O) groups is 1. The van der Waals surface area contributed by atoms with Crippen LogP contribution in [0.3, 0.4) is 0 Å². The quantitative estimate of drug-likeness (QED) is 0.766. The van der Waals surface area contributed by atoms with Gasteiger partial charge in [0.05, 0.1) is 18.2 Å². The lowest BCUT2D eigenvalue weighted by molar-refractivity contribution is -0.117. The second kappa shape index (κ2) is 6.54. The van der Waals surface area contributed by atoms with Gasteiger partial charge in [0, 0.05) is 32.4 Å². The fraction of sp³-hybridized carbons (Fsp3) is 0.333. The topological polar surface area (TPSA) is 87.4 Å². The zero-order chi connectivity index (χ0) is 16.4. The molecule has 124 valence electrons. The molecule has 0 radical (unpaired) electrons. The molecule has 0 aliphatic carbocycles. The lowest BCUT2D eigenvalue weighted by atomic mass is 10.2. The third-order valence-electron chi connectivity index (χ3n) is 4.00. The van der Waals surface area contributed by atoms with Crippen LogP contribution in [0.5, 0.6) is 0 Å². The van der Waals surface area contributed by atoms with Crippen molar-refractivity contribution in [1.82, 2.24) is 20.1 Å². The zero-order valence-corrected chi connectivity index (χ0v) is 13.7. The first-order valence-corrected chi connectivity index (χ1v) is 8.53. The lowest BCUT2D eigenvalue weighted by Crippen LogP contribution is -2.49. The van der Waals surface area contributed by atoms with Crippen LogP contribution in [0.4, 0.5) is 10.9 Å². The number of anilines is 2. The van der Waals surface area contributed by atoms with Crippen LogP contribution in [0.2, 0.25) is 0 Å². The van der Waals surface area contributed by atoms with Gasteiger partial charge in [-0.1, -0.05) is 11.3 Å². The van der Waals surface area contributed by atoms with Gasteiger partial charge in [0.1, 0.15) is 16.9 Å². The molecule has 0 unspecified atom stereocenters. The van der Waals surface area contributed by atoms with E-state index >= 15 is 0 Å². The highest BCUT2D eigenvalue weighted by Gasteiger charge is 2.21. The minimum absolute atomic E-state index is 0.0599. The molecule has 4 heterocycles. The van der Waals surface area contributed by atoms with Crippen LogP contribution >= 0.6 is 11.3 Å². The smallest absolute Gasteiger partial charge is 0.240 e. The van der Waals surface area contributed by atoms with E-state index in [4.69, 9.17) is 4.42 Å². The van der Waals surface area contributed by atoms with Crippen molar-refractivity contribution in [2.24, 2.45) is 0 Å². The molecule has 8 nitrogen and oxygen atoms in total. The highest BCUT2D eigenvalue weighted by atomic mass is 32.1. The SMILES string of the molecule is O=C(CN1CCN(c2nccc3occc23)CC1)Nc1nncs1. The number of carbonyl (C=O) groups excluding carboxylic acids is 1. The highest BCUT2D eigenvalue weighted by molar-refractivity contribution is 7.13. The summed E-state index contributed by atoms with van der Waals surface area (Å²) in [4.78, 5) is 20.9. The monoisotopic (exact) mass is 344 g/mol. The van der Waals surface area contributed by atoms with E-state index in [1.54, 1.807) is 18.0 Å². The summed E-state index contributed by atoms with van der Waals surface area (Å²) >= 11 is 1.31. The van der Waals surface area contributed by atoms with E-state index in [0.717, 1.165) is 43.0 Å². The van der Waals surface area contributed by atoms with E-state index in [1.807, 2.05) is 12.1 Å². The number of rotatable bonds is 4. The summed E-state index contributed by atoms with van der Waals surface area (Å²) in [6, 6.07) is 3.81. The van der Waals surface area contributed by atoms with E-state index in [2.05, 4.69) is 30.3 Å². The number of aromatic nitrogens is 3. The number of pyridine rings is 1. The molecule has 1 N–H and O–H groups in total. The Balaban J connectivity index is 1.35. The molecule has 1 fully saturated rings. The molecular weight excluding hydrogens is 328 g/mol. The van der Waals surface area contributed by atoms with Gasteiger partial charge in [0.2, 0.25) is 11.0 Å². The van der Waals surface area contributed by atoms with Gasteiger partial charge in [0.15, 0.2) is 0 Å². The first-order chi connectivity index (χ1) is 11.8. The Labute approximate surface area is 142 Å². The molecule has 1 aliphatic rings. The second-order valence-electron chi connectivity index (χ2n) is 5.52. The third kappa shape index (κ3) is 3.08. The average Bonchev–Trinajstić information content (AvgIpc) is 3.26. The molecule has 0 atom stereocenters. The molecular formula is C15H16N6O2S. The first kappa shape index (κ1) is 15.0. The Morgan fingerprint density at radius 1 is 1.29 bits per heavy atom. The molecule has 9 heteroatoms. The number of fused-ring (bicyclic) bond motifs is 1. The fourth-order valence-electron chi connectivity index (χ4n) is 2.84. The summed E-state index contributed by atoms with van der Waals surface area (Å²) in [5.41, 5.74) is 2.44. The van der Waals surface area contributed by atoms with Crippen LogP contribution in [0.25, 0.3) is 11.0 Å². The van der Waals surface area contributed by atoms with Gasteiger partial charge >= 0.3 is 0 Å². The third-order valence-corrected chi connectivity index (χ3v) is 4.61. The minimum Gasteiger partial charge on any atom is -0.464 e. The summed E-state index contributed by atoms with van der Waals surface area (Å²) in [6.07, 6.45) is 3.45. The Kier molecular flexibility index (Phi) is 4.09. The van der Waals surface area contributed by atoms with Crippen LogP contribution < -0.4 is 10.2 Å². The van der Waals surface area contributed by atoms with E-state index in [-0.39, 0.29) is 5.91 Å². The Hall–Kier alpha value is -2.52. The van der Waals surface area contributed by atoms with Crippen molar-refractivity contribution in [3.63, 3.8) is 0 Å². The van der Waals surface area contributed by atoms with Crippen LogP contribution in [0, 0.1) is 0 Å². The van der Waals surface area contributed by atoms with Gasteiger partial charge in [-0.2, -0.15) is 0 Å². The van der Waals surface area contributed by atoms with Crippen molar-refractivity contribution in [2.75, 3.05) is 42.9 Å². The van der Waals surface area contributed by atoms with Crippen LogP contribution in [0.15, 0.2) is 34.5 Å². The molecule has 0 aromatic carbocycles. The summed E-state index contributed by atoms with van der Waals surface area (Å²) in [6.45, 7) is 3.61. The molecule has 1 aliphatic heterocycles. The van der Waals surface area contributed by atoms with E-state index in [1.165, 1.54) is 11.3 Å². The van der Waals surface area contributed by atoms with Crippen LogP contribution in [0.1, 0.15) is 0 Å². The maximum Gasteiger partial charge on any atom is 0.240 e. The van der Waals surface area contributed by atoms with Crippen molar-refractivity contribution in [1.29, 1.82) is 0 Å². The number of hydrogen-bond donors (Lipinski definition) is 1. The minimum atomic E-state index is -0.0599. The molecule has 3 aromatic rings. The van der Waals surface area contributed by atoms with E-state index in [0.29, 0.717) is 11.7 Å². The van der Waals surface area contributed by atoms with Gasteiger partial charge in [-0.3, -0.25) is 15.0 Å². The average molecular weight is 344 g/mol. The number of nitrogens with zero attached hydrogens (tertiary/aromatic N) is 5. The number of amides is 1. The van der Waals surface area contributed by atoms with Crippen LogP contribution in [-0.4, -0.2) is 58.7 Å². The second-order valence-corrected chi connectivity index (χ2v) is 6.36. The fourth-order valence-corrected chi connectivity index (χ4v) is 3.30. The van der Waals surface area contributed by atoms with Gasteiger partial charge in [0.25, 0.3) is 0 Å². The predicted octanol–water partition coefficient (Wildman–Crippen LogP) is 1.44. The van der Waals surface area contributed by atoms with Gasteiger partial charge in [-0.25, -0.2) is 4.98 Å². The molecule has 0 bridgehead atoms. The standard InChI is InChI=1S/C15H16N6O2S/c22-13(18-15-19-17-10-24-15)9-20-4-6-21(7-5-20)14-11-2-8-23-12(11)1-3-16-14/h1-3,8,10H,4-7,9H2,(H,18,19,22). The summed E-state index contributed by atoms with van der Waals surface area (Å²) in [5, 5.41) is 11.8. The number of hydrogen-bond acceptors (Lipinski definition) is 8. The normalized spacial score (nSPS) is 15.8. The summed E-state index contributed by atoms with van der Waals surface area (Å²) < 4.78 is 5.43. The zero-order valence-electron chi connectivity index (χ0n) is 12.9. The predicted molar refractivity (Wildman–Crippen MR) is 91.2 cm³/mol. The summed E-state index contributed by atoms with van der Waals surface area (Å²) in [5.74, 6) is 0.884. The van der Waals surface area contributed by atoms with Gasteiger partial charge in [-0.15, -0.1) is 10.2 Å². The maximum atomic E-state index is 12.0.